The van der Waals surface area contributed by atoms with E-state index in [9.17, 15) is 9.59 Å². The fourth-order valence-electron chi connectivity index (χ4n) is 4.18. The third-order valence-corrected chi connectivity index (χ3v) is 5.70. The molecular weight excluding hydrogens is 378 g/mol. The fraction of sp³-hybridized carbons (Fsp3) is 0.429. The molecule has 0 N–H and O–H groups in total. The van der Waals surface area contributed by atoms with Crippen molar-refractivity contribution in [2.24, 2.45) is 20.0 Å². The second-order valence-electron chi connectivity index (χ2n) is 7.81. The summed E-state index contributed by atoms with van der Waals surface area (Å²) in [5.41, 5.74) is 2.70. The van der Waals surface area contributed by atoms with Crippen LogP contribution in [-0.4, -0.2) is 20.3 Å². The summed E-state index contributed by atoms with van der Waals surface area (Å²) in [5.74, 6) is 0.420. The standard InChI is InChI=1S/C21H24ClN3O3/c1-12(2)11-15-18-19-16(20(26)24(4)21(27)23(19)3)17(25(18)9-10-28-15)13-5-7-14(22)8-6-13/h5-8,12,15H,9-11H2,1-4H3/t15-/m0/s1. The molecule has 0 unspecified atom stereocenters. The number of benzene rings is 1. The zero-order valence-electron chi connectivity index (χ0n) is 16.5. The highest BCUT2D eigenvalue weighted by molar-refractivity contribution is 6.30. The molecule has 7 heteroatoms. The average molecular weight is 402 g/mol. The normalized spacial score (nSPS) is 16.7. The molecule has 1 aliphatic rings. The molecule has 0 saturated carbocycles. The third kappa shape index (κ3) is 2.83. The summed E-state index contributed by atoms with van der Waals surface area (Å²) >= 11 is 6.08. The number of hydrogen-bond donors (Lipinski definition) is 0. The van der Waals surface area contributed by atoms with Crippen molar-refractivity contribution in [1.82, 2.24) is 13.7 Å². The predicted molar refractivity (Wildman–Crippen MR) is 111 cm³/mol. The smallest absolute Gasteiger partial charge is 0.331 e. The van der Waals surface area contributed by atoms with Gasteiger partial charge in [-0.15, -0.1) is 0 Å². The highest BCUT2D eigenvalue weighted by Gasteiger charge is 2.32. The topological polar surface area (TPSA) is 58.2 Å². The van der Waals surface area contributed by atoms with E-state index in [1.165, 1.54) is 11.6 Å². The molecule has 0 fully saturated rings. The molecule has 1 atom stereocenters. The SMILES string of the molecule is CC(C)C[C@@H]1OCCn2c(-c3ccc(Cl)cc3)c3c(=O)n(C)c(=O)n(C)c3c21. The number of rotatable bonds is 3. The van der Waals surface area contributed by atoms with Gasteiger partial charge in [0.25, 0.3) is 5.56 Å². The highest BCUT2D eigenvalue weighted by atomic mass is 35.5. The van der Waals surface area contributed by atoms with E-state index in [4.69, 9.17) is 16.3 Å². The van der Waals surface area contributed by atoms with Crippen LogP contribution in [0.4, 0.5) is 0 Å². The maximum atomic E-state index is 13.2. The van der Waals surface area contributed by atoms with E-state index in [1.54, 1.807) is 11.6 Å². The maximum absolute atomic E-state index is 13.2. The van der Waals surface area contributed by atoms with Gasteiger partial charge in [-0.05, 0) is 30.0 Å². The Morgan fingerprint density at radius 3 is 2.46 bits per heavy atom. The van der Waals surface area contributed by atoms with Crippen LogP contribution in [0.25, 0.3) is 22.2 Å². The van der Waals surface area contributed by atoms with Gasteiger partial charge in [0.05, 0.1) is 35.0 Å². The summed E-state index contributed by atoms with van der Waals surface area (Å²) < 4.78 is 11.0. The number of ether oxygens (including phenoxy) is 1. The predicted octanol–water partition coefficient (Wildman–Crippen LogP) is 3.48. The summed E-state index contributed by atoms with van der Waals surface area (Å²) in [4.78, 5) is 25.8. The highest BCUT2D eigenvalue weighted by Crippen LogP contribution is 2.40. The largest absolute Gasteiger partial charge is 0.370 e. The minimum Gasteiger partial charge on any atom is -0.370 e. The summed E-state index contributed by atoms with van der Waals surface area (Å²) in [6, 6.07) is 7.48. The first-order chi connectivity index (χ1) is 13.3. The van der Waals surface area contributed by atoms with Crippen LogP contribution in [0.1, 0.15) is 32.1 Å². The second-order valence-corrected chi connectivity index (χ2v) is 8.25. The van der Waals surface area contributed by atoms with Gasteiger partial charge in [0.1, 0.15) is 0 Å². The van der Waals surface area contributed by atoms with Crippen molar-refractivity contribution < 1.29 is 4.74 Å². The minimum atomic E-state index is -0.331. The Morgan fingerprint density at radius 2 is 1.82 bits per heavy atom. The van der Waals surface area contributed by atoms with Crippen molar-refractivity contribution in [2.75, 3.05) is 6.61 Å². The zero-order valence-corrected chi connectivity index (χ0v) is 17.3. The van der Waals surface area contributed by atoms with E-state index in [2.05, 4.69) is 18.4 Å². The van der Waals surface area contributed by atoms with Crippen LogP contribution in [-0.2, 0) is 25.4 Å². The number of fused-ring (bicyclic) bond motifs is 3. The maximum Gasteiger partial charge on any atom is 0.331 e. The fourth-order valence-corrected chi connectivity index (χ4v) is 4.31. The Morgan fingerprint density at radius 1 is 1.14 bits per heavy atom. The number of aromatic nitrogens is 3. The van der Waals surface area contributed by atoms with Crippen LogP contribution in [0.15, 0.2) is 33.9 Å². The van der Waals surface area contributed by atoms with Gasteiger partial charge in [-0.1, -0.05) is 37.6 Å². The quantitative estimate of drug-likeness (QED) is 0.675. The van der Waals surface area contributed by atoms with Gasteiger partial charge < -0.3 is 9.30 Å². The average Bonchev–Trinajstić information content (AvgIpc) is 3.01. The number of hydrogen-bond acceptors (Lipinski definition) is 3. The van der Waals surface area contributed by atoms with E-state index in [-0.39, 0.29) is 17.4 Å². The van der Waals surface area contributed by atoms with E-state index in [0.717, 1.165) is 23.4 Å². The molecule has 4 rings (SSSR count). The second kappa shape index (κ2) is 6.94. The van der Waals surface area contributed by atoms with Crippen LogP contribution in [0.2, 0.25) is 5.02 Å². The number of nitrogens with zero attached hydrogens (tertiary/aromatic N) is 3. The molecule has 0 amide bonds. The van der Waals surface area contributed by atoms with Gasteiger partial charge in [-0.25, -0.2) is 4.79 Å². The molecule has 1 aromatic carbocycles. The lowest BCUT2D eigenvalue weighted by Gasteiger charge is -2.28. The molecule has 3 heterocycles. The van der Waals surface area contributed by atoms with Crippen molar-refractivity contribution in [2.45, 2.75) is 32.9 Å². The monoisotopic (exact) mass is 401 g/mol. The van der Waals surface area contributed by atoms with Crippen LogP contribution in [0.3, 0.4) is 0 Å². The molecule has 28 heavy (non-hydrogen) atoms. The van der Waals surface area contributed by atoms with Crippen molar-refractivity contribution >= 4 is 22.5 Å². The van der Waals surface area contributed by atoms with Crippen molar-refractivity contribution in [1.29, 1.82) is 0 Å². The van der Waals surface area contributed by atoms with Crippen LogP contribution in [0.5, 0.6) is 0 Å². The Balaban J connectivity index is 2.17. The Kier molecular flexibility index (Phi) is 4.71. The molecule has 0 saturated heterocycles. The van der Waals surface area contributed by atoms with E-state index < -0.39 is 0 Å². The van der Waals surface area contributed by atoms with Crippen molar-refractivity contribution in [3.63, 3.8) is 0 Å². The molecular formula is C21H24ClN3O3. The molecule has 148 valence electrons. The molecule has 6 nitrogen and oxygen atoms in total. The molecule has 0 bridgehead atoms. The summed E-state index contributed by atoms with van der Waals surface area (Å²) in [6.45, 7) is 5.49. The molecule has 3 aromatic rings. The van der Waals surface area contributed by atoms with Crippen LogP contribution >= 0.6 is 11.6 Å². The van der Waals surface area contributed by atoms with E-state index in [0.29, 0.717) is 35.0 Å². The summed E-state index contributed by atoms with van der Waals surface area (Å²) in [7, 11) is 3.24. The summed E-state index contributed by atoms with van der Waals surface area (Å²) in [6.07, 6.45) is 0.665. The first-order valence-electron chi connectivity index (χ1n) is 9.51. The first kappa shape index (κ1) is 19.0. The number of halogens is 1. The van der Waals surface area contributed by atoms with Gasteiger partial charge >= 0.3 is 5.69 Å². The molecule has 2 aromatic heterocycles. The minimum absolute atomic E-state index is 0.157. The third-order valence-electron chi connectivity index (χ3n) is 5.45. The lowest BCUT2D eigenvalue weighted by atomic mass is 10.0. The molecule has 0 spiro atoms. The zero-order chi connectivity index (χ0) is 20.2. The first-order valence-corrected chi connectivity index (χ1v) is 9.88. The van der Waals surface area contributed by atoms with Crippen LogP contribution in [0, 0.1) is 5.92 Å². The molecule has 0 radical (unpaired) electrons. The molecule has 1 aliphatic heterocycles. The Labute approximate surface area is 167 Å². The van der Waals surface area contributed by atoms with Crippen molar-refractivity contribution in [3.05, 3.63) is 55.8 Å². The van der Waals surface area contributed by atoms with Gasteiger partial charge in [-0.2, -0.15) is 0 Å². The van der Waals surface area contributed by atoms with Crippen LogP contribution < -0.4 is 11.2 Å². The Bertz CT molecular complexity index is 1170. The van der Waals surface area contributed by atoms with E-state index >= 15 is 0 Å². The van der Waals surface area contributed by atoms with Crippen molar-refractivity contribution in [3.8, 4) is 11.3 Å². The van der Waals surface area contributed by atoms with Gasteiger partial charge in [0.2, 0.25) is 0 Å². The molecule has 0 aliphatic carbocycles. The van der Waals surface area contributed by atoms with Gasteiger partial charge in [-0.3, -0.25) is 13.9 Å². The van der Waals surface area contributed by atoms with E-state index in [1.807, 2.05) is 24.3 Å². The van der Waals surface area contributed by atoms with Gasteiger partial charge in [0, 0.05) is 25.7 Å². The van der Waals surface area contributed by atoms with Gasteiger partial charge in [0.15, 0.2) is 0 Å². The Hall–Kier alpha value is -2.31. The lowest BCUT2D eigenvalue weighted by Crippen LogP contribution is -2.37. The number of aryl methyl sites for hydroxylation is 1. The lowest BCUT2D eigenvalue weighted by molar-refractivity contribution is 0.00924. The summed E-state index contributed by atoms with van der Waals surface area (Å²) in [5, 5.41) is 1.20.